The highest BCUT2D eigenvalue weighted by Crippen LogP contribution is 2.17. The molecule has 7 heteroatoms. The van der Waals surface area contributed by atoms with Crippen molar-refractivity contribution in [1.82, 2.24) is 20.5 Å². The van der Waals surface area contributed by atoms with E-state index in [2.05, 4.69) is 40.1 Å². The van der Waals surface area contributed by atoms with E-state index in [9.17, 15) is 4.21 Å². The number of pyridine rings is 1. The number of benzene rings is 1. The Balaban J connectivity index is 0.000000301. The molecule has 0 saturated carbocycles. The van der Waals surface area contributed by atoms with Gasteiger partial charge in [-0.15, -0.1) is 0 Å². The lowest BCUT2D eigenvalue weighted by molar-refractivity contribution is 0.691. The van der Waals surface area contributed by atoms with Crippen LogP contribution in [0.1, 0.15) is 32.0 Å². The summed E-state index contributed by atoms with van der Waals surface area (Å²) in [4.78, 5) is 4.11. The molecule has 2 heterocycles. The van der Waals surface area contributed by atoms with E-state index < -0.39 is 10.8 Å². The van der Waals surface area contributed by atoms with Crippen LogP contribution in [0.5, 0.6) is 0 Å². The second kappa shape index (κ2) is 12.9. The SMILES string of the molecule is C=C(N/C=C/S(C)=O)c1[nH]nc2ncccc12.CC.CCc1cccc(Cl)c1. The van der Waals surface area contributed by atoms with Crippen molar-refractivity contribution in [1.29, 1.82) is 0 Å². The lowest BCUT2D eigenvalue weighted by atomic mass is 10.2. The average molecular weight is 419 g/mol. The Labute approximate surface area is 174 Å². The summed E-state index contributed by atoms with van der Waals surface area (Å²) in [5.74, 6) is 0. The smallest absolute Gasteiger partial charge is 0.181 e. The summed E-state index contributed by atoms with van der Waals surface area (Å²) >= 11 is 5.72. The Morgan fingerprint density at radius 2 is 2.07 bits per heavy atom. The van der Waals surface area contributed by atoms with Gasteiger partial charge in [-0.3, -0.25) is 9.31 Å². The van der Waals surface area contributed by atoms with Crippen LogP contribution < -0.4 is 5.32 Å². The molecule has 2 N–H and O–H groups in total. The van der Waals surface area contributed by atoms with Crippen molar-refractivity contribution in [3.63, 3.8) is 0 Å². The number of hydrogen-bond acceptors (Lipinski definition) is 4. The minimum absolute atomic E-state index is 0.647. The number of hydrogen-bond donors (Lipinski definition) is 2. The molecule has 0 aliphatic heterocycles. The van der Waals surface area contributed by atoms with Crippen molar-refractivity contribution < 1.29 is 4.21 Å². The average Bonchev–Trinajstić information content (AvgIpc) is 3.14. The summed E-state index contributed by atoms with van der Waals surface area (Å²) in [6.45, 7) is 10.0. The number of aryl methyl sites for hydroxylation is 1. The van der Waals surface area contributed by atoms with E-state index in [1.165, 1.54) is 5.56 Å². The molecule has 150 valence electrons. The lowest BCUT2D eigenvalue weighted by Crippen LogP contribution is -2.03. The van der Waals surface area contributed by atoms with Crippen molar-refractivity contribution in [2.45, 2.75) is 27.2 Å². The molecule has 28 heavy (non-hydrogen) atoms. The summed E-state index contributed by atoms with van der Waals surface area (Å²) in [6, 6.07) is 11.7. The molecule has 0 saturated heterocycles. The molecule has 2 aromatic heterocycles. The third kappa shape index (κ3) is 7.66. The zero-order chi connectivity index (χ0) is 20.9. The molecule has 5 nitrogen and oxygen atoms in total. The molecule has 1 atom stereocenters. The van der Waals surface area contributed by atoms with Gasteiger partial charge in [0, 0.05) is 45.3 Å². The van der Waals surface area contributed by atoms with E-state index in [0.29, 0.717) is 11.3 Å². The lowest BCUT2D eigenvalue weighted by Gasteiger charge is -2.02. The first kappa shape index (κ1) is 23.6. The van der Waals surface area contributed by atoms with Crippen molar-refractivity contribution in [2.75, 3.05) is 6.26 Å². The fraction of sp³-hybridized carbons (Fsp3) is 0.238. The third-order valence-electron chi connectivity index (χ3n) is 3.45. The van der Waals surface area contributed by atoms with Gasteiger partial charge in [-0.1, -0.05) is 51.1 Å². The van der Waals surface area contributed by atoms with Gasteiger partial charge in [0.1, 0.15) is 0 Å². The summed E-state index contributed by atoms with van der Waals surface area (Å²) in [5.41, 5.74) is 3.37. The van der Waals surface area contributed by atoms with Gasteiger partial charge in [-0.25, -0.2) is 4.98 Å². The second-order valence-corrected chi connectivity index (χ2v) is 7.09. The number of fused-ring (bicyclic) bond motifs is 1. The van der Waals surface area contributed by atoms with Gasteiger partial charge < -0.3 is 5.32 Å². The maximum absolute atomic E-state index is 10.8. The van der Waals surface area contributed by atoms with Gasteiger partial charge in [-0.05, 0) is 36.2 Å². The van der Waals surface area contributed by atoms with E-state index >= 15 is 0 Å². The zero-order valence-corrected chi connectivity index (χ0v) is 18.3. The minimum atomic E-state index is -0.978. The summed E-state index contributed by atoms with van der Waals surface area (Å²) in [7, 11) is -0.978. The number of halogens is 1. The highest BCUT2D eigenvalue weighted by Gasteiger charge is 2.07. The van der Waals surface area contributed by atoms with E-state index in [1.807, 2.05) is 44.2 Å². The molecular formula is C21H27ClN4OS. The number of aromatic nitrogens is 3. The standard InChI is InChI=1S/C11H12N4OS.C8H9Cl.C2H6/c1-8(12-6-7-17(2)16)10-9-4-3-5-13-11(9)15-14-10;1-2-7-4-3-5-8(9)6-7;1-2/h3-7,12H,1H2,2H3,(H,13,14,15);3-6H,2H2,1H3;1-2H3/b7-6+;;. The minimum Gasteiger partial charge on any atom is -0.360 e. The molecule has 0 aliphatic carbocycles. The van der Waals surface area contributed by atoms with Gasteiger partial charge in [0.15, 0.2) is 5.65 Å². The van der Waals surface area contributed by atoms with Crippen molar-refractivity contribution >= 4 is 39.1 Å². The Kier molecular flexibility index (Phi) is 10.8. The maximum Gasteiger partial charge on any atom is 0.181 e. The fourth-order valence-electron chi connectivity index (χ4n) is 2.14. The van der Waals surface area contributed by atoms with E-state index in [1.54, 1.807) is 24.1 Å². The van der Waals surface area contributed by atoms with Crippen molar-refractivity contribution in [2.24, 2.45) is 0 Å². The van der Waals surface area contributed by atoms with Crippen LogP contribution in [-0.4, -0.2) is 25.6 Å². The van der Waals surface area contributed by atoms with Crippen LogP contribution in [0.2, 0.25) is 5.02 Å². The molecule has 3 rings (SSSR count). The molecule has 0 bridgehead atoms. The Morgan fingerprint density at radius 3 is 2.68 bits per heavy atom. The van der Waals surface area contributed by atoms with E-state index in [-0.39, 0.29) is 0 Å². The molecule has 0 radical (unpaired) electrons. The van der Waals surface area contributed by atoms with Crippen LogP contribution in [0.25, 0.3) is 16.7 Å². The van der Waals surface area contributed by atoms with Crippen LogP contribution in [0.4, 0.5) is 0 Å². The first-order chi connectivity index (χ1) is 13.5. The van der Waals surface area contributed by atoms with Crippen LogP contribution in [0.3, 0.4) is 0 Å². The van der Waals surface area contributed by atoms with Gasteiger partial charge in [0.2, 0.25) is 0 Å². The van der Waals surface area contributed by atoms with Crippen molar-refractivity contribution in [3.05, 3.63) is 77.1 Å². The number of aromatic amines is 1. The quantitative estimate of drug-likeness (QED) is 0.590. The fourth-order valence-corrected chi connectivity index (χ4v) is 2.61. The number of nitrogens with one attached hydrogen (secondary N) is 2. The first-order valence-corrected chi connectivity index (χ1v) is 11.0. The Hall–Kier alpha value is -2.44. The van der Waals surface area contributed by atoms with Crippen LogP contribution in [0.15, 0.2) is 60.8 Å². The second-order valence-electron chi connectivity index (χ2n) is 5.38. The Morgan fingerprint density at radius 1 is 1.32 bits per heavy atom. The molecule has 1 aromatic carbocycles. The predicted molar refractivity (Wildman–Crippen MR) is 121 cm³/mol. The monoisotopic (exact) mass is 418 g/mol. The van der Waals surface area contributed by atoms with Gasteiger partial charge in [0.25, 0.3) is 0 Å². The summed E-state index contributed by atoms with van der Waals surface area (Å²) < 4.78 is 10.8. The molecule has 1 unspecified atom stereocenters. The highest BCUT2D eigenvalue weighted by atomic mass is 35.5. The normalized spacial score (nSPS) is 11.2. The largest absolute Gasteiger partial charge is 0.360 e. The molecule has 3 aromatic rings. The molecule has 0 amide bonds. The van der Waals surface area contributed by atoms with Gasteiger partial charge >= 0.3 is 0 Å². The molecule has 0 aliphatic rings. The van der Waals surface area contributed by atoms with Crippen LogP contribution in [0, 0.1) is 0 Å². The first-order valence-electron chi connectivity index (χ1n) is 8.99. The van der Waals surface area contributed by atoms with Gasteiger partial charge in [-0.2, -0.15) is 5.10 Å². The highest BCUT2D eigenvalue weighted by molar-refractivity contribution is 7.87. The molecule has 0 fully saturated rings. The number of nitrogens with zero attached hydrogens (tertiary/aromatic N) is 2. The van der Waals surface area contributed by atoms with Crippen LogP contribution in [-0.2, 0) is 17.2 Å². The van der Waals surface area contributed by atoms with Gasteiger partial charge in [0.05, 0.1) is 11.4 Å². The number of H-pyrrole nitrogens is 1. The summed E-state index contributed by atoms with van der Waals surface area (Å²) in [6.07, 6.45) is 5.93. The Bertz CT molecular complexity index is 937. The van der Waals surface area contributed by atoms with E-state index in [4.69, 9.17) is 11.6 Å². The zero-order valence-electron chi connectivity index (χ0n) is 16.7. The summed E-state index contributed by atoms with van der Waals surface area (Å²) in [5, 5.41) is 13.1. The molecular weight excluding hydrogens is 392 g/mol. The third-order valence-corrected chi connectivity index (χ3v) is 4.20. The maximum atomic E-state index is 10.8. The van der Waals surface area contributed by atoms with Crippen LogP contribution >= 0.6 is 11.6 Å². The molecule has 0 spiro atoms. The number of rotatable bonds is 5. The topological polar surface area (TPSA) is 70.7 Å². The van der Waals surface area contributed by atoms with Crippen molar-refractivity contribution in [3.8, 4) is 0 Å². The van der Waals surface area contributed by atoms with E-state index in [0.717, 1.165) is 22.5 Å². The predicted octanol–water partition coefficient (Wildman–Crippen LogP) is 5.30.